The Balaban J connectivity index is 2.24. The van der Waals surface area contributed by atoms with Crippen LogP contribution in [0, 0.1) is 5.41 Å². The molecule has 1 saturated heterocycles. The monoisotopic (exact) mass is 292 g/mol. The Hall–Kier alpha value is -2.11. The van der Waals surface area contributed by atoms with E-state index in [1.54, 1.807) is 35.7 Å². The second-order valence-electron chi connectivity index (χ2n) is 5.98. The fourth-order valence-electron chi connectivity index (χ4n) is 2.72. The lowest BCUT2D eigenvalue weighted by Gasteiger charge is -2.37. The van der Waals surface area contributed by atoms with Crippen LogP contribution in [0.2, 0.25) is 0 Å². The predicted molar refractivity (Wildman–Crippen MR) is 76.3 cm³/mol. The summed E-state index contributed by atoms with van der Waals surface area (Å²) >= 11 is 0. The van der Waals surface area contributed by atoms with Crippen LogP contribution in [-0.2, 0) is 11.8 Å². The second-order valence-corrected chi connectivity index (χ2v) is 5.98. The van der Waals surface area contributed by atoms with Gasteiger partial charge in [-0.25, -0.2) is 0 Å². The van der Waals surface area contributed by atoms with Gasteiger partial charge in [0.1, 0.15) is 5.69 Å². The Morgan fingerprint density at radius 2 is 2.00 bits per heavy atom. The van der Waals surface area contributed by atoms with Crippen LogP contribution >= 0.6 is 0 Å². The number of piperidine rings is 1. The fourth-order valence-corrected chi connectivity index (χ4v) is 2.72. The summed E-state index contributed by atoms with van der Waals surface area (Å²) in [4.78, 5) is 36.9. The van der Waals surface area contributed by atoms with Crippen molar-refractivity contribution in [3.8, 4) is 0 Å². The lowest BCUT2D eigenvalue weighted by molar-refractivity contribution is -0.150. The number of carbonyl (C=O) groups excluding carboxylic acids is 2. The highest BCUT2D eigenvalue weighted by Crippen LogP contribution is 2.30. The van der Waals surface area contributed by atoms with E-state index in [1.807, 2.05) is 0 Å². The number of aryl methyl sites for hydroxylation is 1. The molecule has 0 spiro atoms. The van der Waals surface area contributed by atoms with Gasteiger partial charge in [0.25, 0.3) is 5.91 Å². The van der Waals surface area contributed by atoms with E-state index < -0.39 is 11.4 Å². The molecular formula is C15H20N2O4. The number of nitrogens with zero attached hydrogens (tertiary/aromatic N) is 2. The van der Waals surface area contributed by atoms with Crippen molar-refractivity contribution in [3.05, 3.63) is 23.5 Å². The first kappa shape index (κ1) is 15.3. The Bertz CT molecular complexity index is 605. The number of hydrogen-bond donors (Lipinski definition) is 1. The molecule has 1 N–H and O–H groups in total. The predicted octanol–water partition coefficient (Wildman–Crippen LogP) is 1.55. The summed E-state index contributed by atoms with van der Waals surface area (Å²) in [5.41, 5.74) is -0.00338. The molecule has 0 aromatic carbocycles. The lowest BCUT2D eigenvalue weighted by Crippen LogP contribution is -2.48. The Morgan fingerprint density at radius 3 is 2.52 bits per heavy atom. The molecule has 114 valence electrons. The standard InChI is InChI=1S/C15H20N2O4/c1-10(18)11-7-12(16(3)8-11)13(19)17-6-4-5-15(2,9-17)14(20)21/h7-8H,4-6,9H2,1-3H3,(H,20,21). The molecule has 1 atom stereocenters. The first-order valence-corrected chi connectivity index (χ1v) is 6.94. The molecule has 1 fully saturated rings. The quantitative estimate of drug-likeness (QED) is 0.857. The number of likely N-dealkylation sites (tertiary alicyclic amines) is 1. The van der Waals surface area contributed by atoms with Gasteiger partial charge in [-0.05, 0) is 32.8 Å². The number of carbonyl (C=O) groups is 3. The van der Waals surface area contributed by atoms with Gasteiger partial charge in [-0.1, -0.05) is 0 Å². The molecule has 1 aromatic rings. The van der Waals surface area contributed by atoms with E-state index in [9.17, 15) is 19.5 Å². The summed E-state index contributed by atoms with van der Waals surface area (Å²) in [6, 6.07) is 1.57. The highest BCUT2D eigenvalue weighted by Gasteiger charge is 2.39. The lowest BCUT2D eigenvalue weighted by atomic mass is 9.82. The molecule has 0 radical (unpaired) electrons. The summed E-state index contributed by atoms with van der Waals surface area (Å²) in [5.74, 6) is -1.20. The SMILES string of the molecule is CC(=O)c1cc(C(=O)N2CCCC(C)(C(=O)O)C2)n(C)c1. The van der Waals surface area contributed by atoms with Crippen LogP contribution in [0.25, 0.3) is 0 Å². The van der Waals surface area contributed by atoms with Gasteiger partial charge in [0.05, 0.1) is 5.41 Å². The minimum absolute atomic E-state index is 0.0985. The maximum absolute atomic E-state index is 12.6. The number of aromatic nitrogens is 1. The van der Waals surface area contributed by atoms with Crippen molar-refractivity contribution in [3.63, 3.8) is 0 Å². The number of ketones is 1. The molecule has 0 aliphatic carbocycles. The molecule has 1 aliphatic heterocycles. The smallest absolute Gasteiger partial charge is 0.311 e. The van der Waals surface area contributed by atoms with E-state index in [0.29, 0.717) is 30.6 Å². The summed E-state index contributed by atoms with van der Waals surface area (Å²) < 4.78 is 1.62. The Morgan fingerprint density at radius 1 is 1.33 bits per heavy atom. The number of rotatable bonds is 3. The highest BCUT2D eigenvalue weighted by atomic mass is 16.4. The average molecular weight is 292 g/mol. The topological polar surface area (TPSA) is 79.6 Å². The molecule has 1 unspecified atom stereocenters. The number of aliphatic carboxylic acids is 1. The third-order valence-electron chi connectivity index (χ3n) is 4.13. The Kier molecular flexibility index (Phi) is 3.89. The molecule has 1 amide bonds. The zero-order valence-corrected chi connectivity index (χ0v) is 12.5. The van der Waals surface area contributed by atoms with Crippen LogP contribution in [0.4, 0.5) is 0 Å². The summed E-state index contributed by atoms with van der Waals surface area (Å²) in [6.07, 6.45) is 2.85. The van der Waals surface area contributed by atoms with E-state index in [2.05, 4.69) is 0 Å². The number of carboxylic acid groups (broad SMARTS) is 1. The van der Waals surface area contributed by atoms with Crippen molar-refractivity contribution in [2.75, 3.05) is 13.1 Å². The van der Waals surface area contributed by atoms with Gasteiger partial charge < -0.3 is 14.6 Å². The normalized spacial score (nSPS) is 22.1. The third-order valence-corrected chi connectivity index (χ3v) is 4.13. The minimum atomic E-state index is -0.900. The van der Waals surface area contributed by atoms with Crippen LogP contribution in [0.3, 0.4) is 0 Å². The number of amides is 1. The van der Waals surface area contributed by atoms with Crippen molar-refractivity contribution < 1.29 is 19.5 Å². The first-order chi connectivity index (χ1) is 9.74. The van der Waals surface area contributed by atoms with Gasteiger partial charge in [-0.15, -0.1) is 0 Å². The maximum Gasteiger partial charge on any atom is 0.311 e. The molecule has 1 aliphatic rings. The first-order valence-electron chi connectivity index (χ1n) is 6.94. The number of Topliss-reactive ketones (excluding diaryl/α,β-unsaturated/α-hetero) is 1. The van der Waals surface area contributed by atoms with Gasteiger partial charge in [0, 0.05) is 31.9 Å². The van der Waals surface area contributed by atoms with Crippen molar-refractivity contribution >= 4 is 17.7 Å². The molecule has 6 heteroatoms. The highest BCUT2D eigenvalue weighted by molar-refractivity contribution is 5.99. The van der Waals surface area contributed by atoms with Gasteiger partial charge in [-0.3, -0.25) is 14.4 Å². The zero-order valence-electron chi connectivity index (χ0n) is 12.5. The minimum Gasteiger partial charge on any atom is -0.481 e. The van der Waals surface area contributed by atoms with Gasteiger partial charge >= 0.3 is 5.97 Å². The largest absolute Gasteiger partial charge is 0.481 e. The molecule has 0 bridgehead atoms. The van der Waals surface area contributed by atoms with E-state index >= 15 is 0 Å². The zero-order chi connectivity index (χ0) is 15.8. The van der Waals surface area contributed by atoms with Crippen molar-refractivity contribution in [2.24, 2.45) is 12.5 Å². The number of carboxylic acids is 1. The molecule has 21 heavy (non-hydrogen) atoms. The molecule has 6 nitrogen and oxygen atoms in total. The van der Waals surface area contributed by atoms with Gasteiger partial charge in [0.2, 0.25) is 0 Å². The maximum atomic E-state index is 12.6. The van der Waals surface area contributed by atoms with Gasteiger partial charge in [-0.2, -0.15) is 0 Å². The molecule has 0 saturated carbocycles. The third kappa shape index (κ3) is 2.84. The second kappa shape index (κ2) is 5.35. The van der Waals surface area contributed by atoms with E-state index in [-0.39, 0.29) is 18.2 Å². The number of hydrogen-bond acceptors (Lipinski definition) is 3. The summed E-state index contributed by atoms with van der Waals surface area (Å²) in [6.45, 7) is 3.86. The van der Waals surface area contributed by atoms with Crippen LogP contribution in [0.1, 0.15) is 47.5 Å². The molecule has 2 rings (SSSR count). The summed E-state index contributed by atoms with van der Waals surface area (Å²) in [5, 5.41) is 9.31. The van der Waals surface area contributed by atoms with Crippen molar-refractivity contribution in [2.45, 2.75) is 26.7 Å². The molecule has 1 aromatic heterocycles. The van der Waals surface area contributed by atoms with E-state index in [1.165, 1.54) is 6.92 Å². The summed E-state index contributed by atoms with van der Waals surface area (Å²) in [7, 11) is 1.71. The Labute approximate surface area is 123 Å². The van der Waals surface area contributed by atoms with Crippen LogP contribution < -0.4 is 0 Å². The van der Waals surface area contributed by atoms with Crippen LogP contribution in [-0.4, -0.2) is 45.3 Å². The fraction of sp³-hybridized carbons (Fsp3) is 0.533. The van der Waals surface area contributed by atoms with E-state index in [0.717, 1.165) is 0 Å². The van der Waals surface area contributed by atoms with Crippen LogP contribution in [0.5, 0.6) is 0 Å². The molecular weight excluding hydrogens is 272 g/mol. The van der Waals surface area contributed by atoms with Crippen molar-refractivity contribution in [1.82, 2.24) is 9.47 Å². The van der Waals surface area contributed by atoms with Crippen molar-refractivity contribution in [1.29, 1.82) is 0 Å². The van der Waals surface area contributed by atoms with Gasteiger partial charge in [0.15, 0.2) is 5.78 Å². The van der Waals surface area contributed by atoms with Crippen LogP contribution in [0.15, 0.2) is 12.3 Å². The average Bonchev–Trinajstić information content (AvgIpc) is 2.80. The molecule has 2 heterocycles. The van der Waals surface area contributed by atoms with E-state index in [4.69, 9.17) is 0 Å².